The minimum absolute atomic E-state index is 0.853. The quantitative estimate of drug-likeness (QED) is 0.399. The molecule has 0 bridgehead atoms. The average molecular weight is 208 g/mol. The van der Waals surface area contributed by atoms with Gasteiger partial charge in [0.25, 0.3) is 0 Å². The molecule has 0 heterocycles. The van der Waals surface area contributed by atoms with Crippen molar-refractivity contribution in [3.8, 4) is 0 Å². The van der Waals surface area contributed by atoms with Gasteiger partial charge in [-0.25, -0.2) is 0 Å². The molecule has 0 amide bonds. The van der Waals surface area contributed by atoms with Crippen LogP contribution >= 0.6 is 0 Å². The molecule has 4 N–H and O–H groups in total. The minimum Gasteiger partial charge on any atom is -0.387 e. The first-order valence-corrected chi connectivity index (χ1v) is 4.32. The van der Waals surface area contributed by atoms with E-state index < -0.39 is 36.6 Å². The first kappa shape index (κ1) is 11.8. The smallest absolute Gasteiger partial charge is 0.114 e. The number of ether oxygens (including phenoxy) is 2. The van der Waals surface area contributed by atoms with Crippen LogP contribution in [0.4, 0.5) is 0 Å². The fourth-order valence-electron chi connectivity index (χ4n) is 1.73. The Morgan fingerprint density at radius 3 is 1.14 bits per heavy atom. The Morgan fingerprint density at radius 2 is 0.929 bits per heavy atom. The highest BCUT2D eigenvalue weighted by Gasteiger charge is 2.49. The molecule has 1 fully saturated rings. The lowest BCUT2D eigenvalue weighted by Crippen LogP contribution is -2.64. The van der Waals surface area contributed by atoms with Gasteiger partial charge in [0, 0.05) is 14.2 Å². The van der Waals surface area contributed by atoms with Gasteiger partial charge in [0.15, 0.2) is 0 Å². The molecular weight excluding hydrogens is 192 g/mol. The molecule has 0 radical (unpaired) electrons. The summed E-state index contributed by atoms with van der Waals surface area (Å²) in [6.07, 6.45) is -7.11. The van der Waals surface area contributed by atoms with Gasteiger partial charge in [0.2, 0.25) is 0 Å². The van der Waals surface area contributed by atoms with Gasteiger partial charge in [-0.15, -0.1) is 0 Å². The van der Waals surface area contributed by atoms with E-state index in [1.165, 1.54) is 14.2 Å². The SMILES string of the molecule is COC1C(O)C(O)C(O)C(O)C1OC. The molecule has 1 aliphatic carbocycles. The van der Waals surface area contributed by atoms with Crippen LogP contribution in [-0.2, 0) is 9.47 Å². The van der Waals surface area contributed by atoms with Gasteiger partial charge in [0.1, 0.15) is 36.6 Å². The highest BCUT2D eigenvalue weighted by molar-refractivity contribution is 4.99. The zero-order valence-electron chi connectivity index (χ0n) is 8.07. The Balaban J connectivity index is 2.84. The van der Waals surface area contributed by atoms with Crippen molar-refractivity contribution in [3.63, 3.8) is 0 Å². The Hall–Kier alpha value is -0.240. The predicted octanol–water partition coefficient (Wildman–Crippen LogP) is -2.53. The van der Waals surface area contributed by atoms with Crippen LogP contribution in [0, 0.1) is 0 Å². The standard InChI is InChI=1S/C8H16O6/c1-13-7-5(11)3(9)4(10)6(12)8(7)14-2/h3-12H,1-2H3. The van der Waals surface area contributed by atoms with Crippen molar-refractivity contribution in [2.24, 2.45) is 0 Å². The molecule has 1 aliphatic rings. The number of hydrogen-bond acceptors (Lipinski definition) is 6. The molecule has 84 valence electrons. The minimum atomic E-state index is -1.43. The van der Waals surface area contributed by atoms with E-state index in [1.807, 2.05) is 0 Å². The van der Waals surface area contributed by atoms with E-state index >= 15 is 0 Å². The molecule has 6 atom stereocenters. The molecular formula is C8H16O6. The van der Waals surface area contributed by atoms with E-state index in [4.69, 9.17) is 9.47 Å². The summed E-state index contributed by atoms with van der Waals surface area (Å²) in [4.78, 5) is 0. The molecule has 6 unspecified atom stereocenters. The molecule has 0 aromatic rings. The maximum Gasteiger partial charge on any atom is 0.114 e. The maximum atomic E-state index is 9.50. The Labute approximate surface area is 81.7 Å². The van der Waals surface area contributed by atoms with Crippen molar-refractivity contribution in [1.29, 1.82) is 0 Å². The van der Waals surface area contributed by atoms with Crippen molar-refractivity contribution < 1.29 is 29.9 Å². The number of rotatable bonds is 2. The summed E-state index contributed by atoms with van der Waals surface area (Å²) in [5.74, 6) is 0. The lowest BCUT2D eigenvalue weighted by atomic mass is 9.85. The van der Waals surface area contributed by atoms with Crippen LogP contribution in [-0.4, -0.2) is 71.3 Å². The second kappa shape index (κ2) is 4.52. The number of aliphatic hydroxyl groups is 4. The van der Waals surface area contributed by atoms with Crippen LogP contribution < -0.4 is 0 Å². The normalized spacial score (nSPS) is 49.3. The zero-order valence-corrected chi connectivity index (χ0v) is 8.07. The molecule has 0 saturated heterocycles. The third-order valence-corrected chi connectivity index (χ3v) is 2.59. The summed E-state index contributed by atoms with van der Waals surface area (Å²) in [7, 11) is 2.66. The Bertz CT molecular complexity index is 167. The van der Waals surface area contributed by atoms with Gasteiger partial charge < -0.3 is 29.9 Å². The molecule has 0 aromatic carbocycles. The van der Waals surface area contributed by atoms with Gasteiger partial charge in [0.05, 0.1) is 0 Å². The second-order valence-corrected chi connectivity index (χ2v) is 3.36. The molecule has 0 spiro atoms. The monoisotopic (exact) mass is 208 g/mol. The largest absolute Gasteiger partial charge is 0.387 e. The molecule has 1 rings (SSSR count). The van der Waals surface area contributed by atoms with Gasteiger partial charge in [-0.05, 0) is 0 Å². The van der Waals surface area contributed by atoms with Crippen LogP contribution in [0.25, 0.3) is 0 Å². The van der Waals surface area contributed by atoms with Crippen LogP contribution in [0.1, 0.15) is 0 Å². The summed E-state index contributed by atoms with van der Waals surface area (Å²) in [6, 6.07) is 0. The van der Waals surface area contributed by atoms with E-state index in [2.05, 4.69) is 0 Å². The van der Waals surface area contributed by atoms with Crippen LogP contribution in [0.15, 0.2) is 0 Å². The van der Waals surface area contributed by atoms with Gasteiger partial charge in [-0.2, -0.15) is 0 Å². The van der Waals surface area contributed by atoms with E-state index in [0.717, 1.165) is 0 Å². The number of hydrogen-bond donors (Lipinski definition) is 4. The molecule has 0 aromatic heterocycles. The van der Waals surface area contributed by atoms with Crippen molar-refractivity contribution in [2.45, 2.75) is 36.6 Å². The number of methoxy groups -OCH3 is 2. The van der Waals surface area contributed by atoms with E-state index in [9.17, 15) is 20.4 Å². The van der Waals surface area contributed by atoms with Crippen molar-refractivity contribution in [1.82, 2.24) is 0 Å². The molecule has 1 saturated carbocycles. The lowest BCUT2D eigenvalue weighted by Gasteiger charge is -2.42. The third-order valence-electron chi connectivity index (χ3n) is 2.59. The lowest BCUT2D eigenvalue weighted by molar-refractivity contribution is -0.235. The fraction of sp³-hybridized carbons (Fsp3) is 1.00. The summed E-state index contributed by atoms with van der Waals surface area (Å²) in [6.45, 7) is 0. The summed E-state index contributed by atoms with van der Waals surface area (Å²) in [5, 5.41) is 37.7. The van der Waals surface area contributed by atoms with Crippen molar-refractivity contribution in [3.05, 3.63) is 0 Å². The summed E-state index contributed by atoms with van der Waals surface area (Å²) < 4.78 is 9.78. The Morgan fingerprint density at radius 1 is 0.643 bits per heavy atom. The molecule has 0 aliphatic heterocycles. The topological polar surface area (TPSA) is 99.4 Å². The van der Waals surface area contributed by atoms with Crippen molar-refractivity contribution >= 4 is 0 Å². The van der Waals surface area contributed by atoms with Crippen LogP contribution in [0.2, 0.25) is 0 Å². The summed E-state index contributed by atoms with van der Waals surface area (Å²) in [5.41, 5.74) is 0. The highest BCUT2D eigenvalue weighted by Crippen LogP contribution is 2.25. The second-order valence-electron chi connectivity index (χ2n) is 3.36. The number of aliphatic hydroxyl groups excluding tert-OH is 4. The Kier molecular flexibility index (Phi) is 3.82. The van der Waals surface area contributed by atoms with Crippen LogP contribution in [0.3, 0.4) is 0 Å². The fourth-order valence-corrected chi connectivity index (χ4v) is 1.73. The van der Waals surface area contributed by atoms with Crippen molar-refractivity contribution in [2.75, 3.05) is 14.2 Å². The third kappa shape index (κ3) is 1.77. The summed E-state index contributed by atoms with van der Waals surface area (Å²) >= 11 is 0. The van der Waals surface area contributed by atoms with Gasteiger partial charge >= 0.3 is 0 Å². The molecule has 6 heteroatoms. The highest BCUT2D eigenvalue weighted by atomic mass is 16.6. The molecule has 14 heavy (non-hydrogen) atoms. The van der Waals surface area contributed by atoms with E-state index in [1.54, 1.807) is 0 Å². The molecule has 6 nitrogen and oxygen atoms in total. The van der Waals surface area contributed by atoms with Gasteiger partial charge in [-0.3, -0.25) is 0 Å². The predicted molar refractivity (Wildman–Crippen MR) is 45.6 cm³/mol. The average Bonchev–Trinajstić information content (AvgIpc) is 2.20. The van der Waals surface area contributed by atoms with E-state index in [-0.39, 0.29) is 0 Å². The van der Waals surface area contributed by atoms with Crippen LogP contribution in [0.5, 0.6) is 0 Å². The van der Waals surface area contributed by atoms with Gasteiger partial charge in [-0.1, -0.05) is 0 Å². The zero-order chi connectivity index (χ0) is 10.9. The first-order valence-electron chi connectivity index (χ1n) is 4.32. The first-order chi connectivity index (χ1) is 6.54. The van der Waals surface area contributed by atoms with E-state index in [0.29, 0.717) is 0 Å². The maximum absolute atomic E-state index is 9.50.